The van der Waals surface area contributed by atoms with Gasteiger partial charge in [-0.25, -0.2) is 0 Å². The summed E-state index contributed by atoms with van der Waals surface area (Å²) in [6, 6.07) is 17.2. The second-order valence-corrected chi connectivity index (χ2v) is 7.97. The quantitative estimate of drug-likeness (QED) is 0.545. The van der Waals surface area contributed by atoms with Crippen LogP contribution in [0.4, 0.5) is 0 Å². The van der Waals surface area contributed by atoms with E-state index in [1.807, 2.05) is 6.07 Å². The van der Waals surface area contributed by atoms with Crippen LogP contribution in [0.3, 0.4) is 0 Å². The molecule has 1 aliphatic rings. The first kappa shape index (κ1) is 21.1. The molecule has 150 valence electrons. The van der Waals surface area contributed by atoms with Crippen molar-refractivity contribution in [1.82, 2.24) is 0 Å². The Morgan fingerprint density at radius 1 is 0.862 bits per heavy atom. The van der Waals surface area contributed by atoms with Crippen molar-refractivity contribution in [2.45, 2.75) is 70.8 Å². The molecule has 0 spiro atoms. The van der Waals surface area contributed by atoms with Gasteiger partial charge in [0.2, 0.25) is 0 Å². The van der Waals surface area contributed by atoms with Crippen LogP contribution in [0.5, 0.6) is 0 Å². The average molecular weight is 387 g/mol. The topological polar surface area (TPSA) is 56.8 Å². The van der Waals surface area contributed by atoms with Crippen molar-refractivity contribution in [3.05, 3.63) is 58.7 Å². The molecule has 0 atom stereocenters. The smallest absolute Gasteiger partial charge is 0.101 e. The van der Waals surface area contributed by atoms with Gasteiger partial charge in [0, 0.05) is 12.2 Å². The predicted octanol–water partition coefficient (Wildman–Crippen LogP) is 6.50. The van der Waals surface area contributed by atoms with Crippen molar-refractivity contribution >= 4 is 0 Å². The Hall–Kier alpha value is -2.62. The van der Waals surface area contributed by atoms with E-state index in [0.29, 0.717) is 23.1 Å². The van der Waals surface area contributed by atoms with Gasteiger partial charge in [-0.05, 0) is 61.1 Å². The zero-order valence-corrected chi connectivity index (χ0v) is 17.6. The molecule has 3 heteroatoms. The molecule has 3 rings (SSSR count). The number of hydrogen-bond acceptors (Lipinski definition) is 3. The highest BCUT2D eigenvalue weighted by Gasteiger charge is 2.26. The molecule has 1 fully saturated rings. The largest absolute Gasteiger partial charge is 0.378 e. The lowest BCUT2D eigenvalue weighted by molar-refractivity contribution is 0.0251. The molecule has 0 heterocycles. The lowest BCUT2D eigenvalue weighted by Gasteiger charge is -2.29. The Morgan fingerprint density at radius 3 is 2.14 bits per heavy atom. The van der Waals surface area contributed by atoms with E-state index in [1.165, 1.54) is 5.56 Å². The highest BCUT2D eigenvalue weighted by Crippen LogP contribution is 2.38. The molecule has 0 aromatic heterocycles. The maximum absolute atomic E-state index is 9.89. The predicted molar refractivity (Wildman–Crippen MR) is 117 cm³/mol. The molecule has 1 aliphatic carbocycles. The van der Waals surface area contributed by atoms with E-state index < -0.39 is 0 Å². The van der Waals surface area contributed by atoms with Crippen LogP contribution < -0.4 is 0 Å². The average Bonchev–Trinajstić information content (AvgIpc) is 2.77. The van der Waals surface area contributed by atoms with Crippen LogP contribution in [0.2, 0.25) is 0 Å². The van der Waals surface area contributed by atoms with E-state index in [1.54, 1.807) is 0 Å². The molecule has 1 saturated carbocycles. The maximum atomic E-state index is 9.89. The standard InChI is InChI=1S/C26H30N2O/c1-3-5-19-6-8-20(9-7-19)23-14-15-24(26(18-28)25(23)17-27)21-10-12-22(13-11-21)29-16-4-2/h6-9,14-15,21-22H,3-5,10-13,16H2,1-2H3. The number of nitrogens with zero attached hydrogens (tertiary/aromatic N) is 2. The molecular formula is C26H30N2O. The minimum absolute atomic E-state index is 0.333. The fourth-order valence-electron chi connectivity index (χ4n) is 4.40. The first-order chi connectivity index (χ1) is 14.2. The van der Waals surface area contributed by atoms with Crippen molar-refractivity contribution in [3.63, 3.8) is 0 Å². The highest BCUT2D eigenvalue weighted by atomic mass is 16.5. The molecule has 29 heavy (non-hydrogen) atoms. The molecule has 2 aromatic rings. The molecule has 3 nitrogen and oxygen atoms in total. The van der Waals surface area contributed by atoms with Gasteiger partial charge in [0.25, 0.3) is 0 Å². The van der Waals surface area contributed by atoms with Gasteiger partial charge < -0.3 is 4.74 Å². The molecule has 0 aliphatic heterocycles. The molecule has 2 aromatic carbocycles. The minimum Gasteiger partial charge on any atom is -0.378 e. The third-order valence-electron chi connectivity index (χ3n) is 5.94. The Balaban J connectivity index is 1.86. The van der Waals surface area contributed by atoms with Gasteiger partial charge in [-0.15, -0.1) is 0 Å². The van der Waals surface area contributed by atoms with Gasteiger partial charge in [0.1, 0.15) is 12.1 Å². The summed E-state index contributed by atoms with van der Waals surface area (Å²) in [4.78, 5) is 0. The molecule has 0 N–H and O–H groups in total. The van der Waals surface area contributed by atoms with Gasteiger partial charge in [-0.3, -0.25) is 0 Å². The van der Waals surface area contributed by atoms with Crippen LogP contribution in [0.25, 0.3) is 11.1 Å². The number of aryl methyl sites for hydroxylation is 1. The van der Waals surface area contributed by atoms with Crippen molar-refractivity contribution in [2.75, 3.05) is 6.61 Å². The zero-order valence-electron chi connectivity index (χ0n) is 17.6. The van der Waals surface area contributed by atoms with Crippen molar-refractivity contribution in [3.8, 4) is 23.3 Å². The van der Waals surface area contributed by atoms with Gasteiger partial charge >= 0.3 is 0 Å². The van der Waals surface area contributed by atoms with E-state index in [2.05, 4.69) is 56.3 Å². The van der Waals surface area contributed by atoms with Crippen LogP contribution in [0.1, 0.15) is 80.5 Å². The summed E-state index contributed by atoms with van der Waals surface area (Å²) in [5.74, 6) is 0.333. The summed E-state index contributed by atoms with van der Waals surface area (Å²) in [6.45, 7) is 5.12. The Labute approximate surface area is 174 Å². The van der Waals surface area contributed by atoms with E-state index in [0.717, 1.165) is 68.2 Å². The number of hydrogen-bond donors (Lipinski definition) is 0. The van der Waals surface area contributed by atoms with E-state index in [9.17, 15) is 10.5 Å². The second kappa shape index (κ2) is 10.2. The van der Waals surface area contributed by atoms with Crippen LogP contribution in [-0.2, 0) is 11.2 Å². The zero-order chi connectivity index (χ0) is 20.6. The lowest BCUT2D eigenvalue weighted by atomic mass is 9.79. The number of ether oxygens (including phenoxy) is 1. The number of rotatable bonds is 7. The molecular weight excluding hydrogens is 356 g/mol. The van der Waals surface area contributed by atoms with E-state index >= 15 is 0 Å². The third kappa shape index (κ3) is 4.87. The lowest BCUT2D eigenvalue weighted by Crippen LogP contribution is -2.21. The molecule has 0 bridgehead atoms. The summed E-state index contributed by atoms with van der Waals surface area (Å²) in [6.07, 6.45) is 7.63. The Morgan fingerprint density at radius 2 is 1.55 bits per heavy atom. The van der Waals surface area contributed by atoms with Gasteiger partial charge in [-0.1, -0.05) is 56.7 Å². The van der Waals surface area contributed by atoms with Crippen LogP contribution in [0.15, 0.2) is 36.4 Å². The first-order valence-electron chi connectivity index (χ1n) is 10.9. The summed E-state index contributed by atoms with van der Waals surface area (Å²) in [5.41, 5.74) is 5.26. The molecule has 0 radical (unpaired) electrons. The monoisotopic (exact) mass is 386 g/mol. The number of benzene rings is 2. The fourth-order valence-corrected chi connectivity index (χ4v) is 4.40. The van der Waals surface area contributed by atoms with Crippen molar-refractivity contribution in [2.24, 2.45) is 0 Å². The summed E-state index contributed by atoms with van der Waals surface area (Å²) in [5, 5.41) is 19.8. The van der Waals surface area contributed by atoms with Crippen LogP contribution in [0, 0.1) is 22.7 Å². The molecule has 0 saturated heterocycles. The summed E-state index contributed by atoms with van der Waals surface area (Å²) in [7, 11) is 0. The fraction of sp³-hybridized carbons (Fsp3) is 0.462. The second-order valence-electron chi connectivity index (χ2n) is 7.97. The van der Waals surface area contributed by atoms with Gasteiger partial charge in [0.15, 0.2) is 0 Å². The van der Waals surface area contributed by atoms with Crippen molar-refractivity contribution < 1.29 is 4.74 Å². The molecule has 0 amide bonds. The number of nitriles is 2. The Bertz CT molecular complexity index is 894. The van der Waals surface area contributed by atoms with E-state index in [-0.39, 0.29) is 0 Å². The normalized spacial score (nSPS) is 18.8. The first-order valence-corrected chi connectivity index (χ1v) is 10.9. The van der Waals surface area contributed by atoms with Crippen LogP contribution >= 0.6 is 0 Å². The third-order valence-corrected chi connectivity index (χ3v) is 5.94. The highest BCUT2D eigenvalue weighted by molar-refractivity contribution is 5.75. The van der Waals surface area contributed by atoms with Gasteiger partial charge in [0.05, 0.1) is 17.2 Å². The maximum Gasteiger partial charge on any atom is 0.101 e. The minimum atomic E-state index is 0.333. The van der Waals surface area contributed by atoms with Crippen LogP contribution in [-0.4, -0.2) is 12.7 Å². The van der Waals surface area contributed by atoms with E-state index in [4.69, 9.17) is 4.74 Å². The summed E-state index contributed by atoms with van der Waals surface area (Å²) < 4.78 is 5.90. The Kier molecular flexibility index (Phi) is 7.45. The molecule has 0 unspecified atom stereocenters. The van der Waals surface area contributed by atoms with Gasteiger partial charge in [-0.2, -0.15) is 10.5 Å². The SMILES string of the molecule is CCCOC1CCC(c2ccc(-c3ccc(CCC)cc3)c(C#N)c2C#N)CC1. The van der Waals surface area contributed by atoms with Crippen molar-refractivity contribution in [1.29, 1.82) is 10.5 Å². The summed E-state index contributed by atoms with van der Waals surface area (Å²) >= 11 is 0.